The lowest BCUT2D eigenvalue weighted by Gasteiger charge is -2.14. The second kappa shape index (κ2) is 5.76. The summed E-state index contributed by atoms with van der Waals surface area (Å²) >= 11 is 3.41. The Morgan fingerprint density at radius 3 is 2.94 bits per heavy atom. The monoisotopic (exact) mass is 297 g/mol. The van der Waals surface area contributed by atoms with Gasteiger partial charge in [0, 0.05) is 30.2 Å². The number of hydrogen-bond acceptors (Lipinski definition) is 3. The molecule has 0 saturated carbocycles. The standard InChI is InChI=1S/C13H16BrNO2/c1-17-10-6-7-15(8-10)9-13(16)11-4-2-3-5-12(11)14/h2-5,10H,6-9H2,1H3. The third kappa shape index (κ3) is 3.15. The highest BCUT2D eigenvalue weighted by Gasteiger charge is 2.24. The van der Waals surface area contributed by atoms with Crippen molar-refractivity contribution in [2.24, 2.45) is 0 Å². The van der Waals surface area contributed by atoms with Crippen LogP contribution in [-0.2, 0) is 4.74 Å². The highest BCUT2D eigenvalue weighted by molar-refractivity contribution is 9.10. The molecule has 1 aliphatic rings. The number of rotatable bonds is 4. The summed E-state index contributed by atoms with van der Waals surface area (Å²) in [7, 11) is 1.73. The SMILES string of the molecule is COC1CCN(CC(=O)c2ccccc2Br)C1. The van der Waals surface area contributed by atoms with Crippen LogP contribution in [0.15, 0.2) is 28.7 Å². The van der Waals surface area contributed by atoms with Crippen LogP contribution in [0.1, 0.15) is 16.8 Å². The van der Waals surface area contributed by atoms with Crippen molar-refractivity contribution in [2.75, 3.05) is 26.7 Å². The molecule has 0 aromatic heterocycles. The zero-order valence-corrected chi connectivity index (χ0v) is 11.4. The van der Waals surface area contributed by atoms with E-state index in [9.17, 15) is 4.79 Å². The molecule has 0 amide bonds. The van der Waals surface area contributed by atoms with Crippen LogP contribution < -0.4 is 0 Å². The van der Waals surface area contributed by atoms with Gasteiger partial charge in [-0.3, -0.25) is 9.69 Å². The smallest absolute Gasteiger partial charge is 0.177 e. The van der Waals surface area contributed by atoms with Gasteiger partial charge in [0.1, 0.15) is 0 Å². The van der Waals surface area contributed by atoms with Gasteiger partial charge in [-0.2, -0.15) is 0 Å². The molecule has 0 N–H and O–H groups in total. The summed E-state index contributed by atoms with van der Waals surface area (Å²) < 4.78 is 6.16. The molecule has 92 valence electrons. The highest BCUT2D eigenvalue weighted by Crippen LogP contribution is 2.18. The molecule has 2 rings (SSSR count). The van der Waals surface area contributed by atoms with E-state index in [0.717, 1.165) is 29.5 Å². The Bertz CT molecular complexity index is 408. The molecule has 0 aliphatic carbocycles. The number of ketones is 1. The van der Waals surface area contributed by atoms with E-state index in [1.165, 1.54) is 0 Å². The molecule has 3 nitrogen and oxygen atoms in total. The van der Waals surface area contributed by atoms with E-state index in [0.29, 0.717) is 6.54 Å². The van der Waals surface area contributed by atoms with Gasteiger partial charge in [0.25, 0.3) is 0 Å². The van der Waals surface area contributed by atoms with E-state index in [-0.39, 0.29) is 11.9 Å². The van der Waals surface area contributed by atoms with Crippen LogP contribution in [0.25, 0.3) is 0 Å². The quantitative estimate of drug-likeness (QED) is 0.799. The summed E-state index contributed by atoms with van der Waals surface area (Å²) in [5.41, 5.74) is 0.758. The van der Waals surface area contributed by atoms with Gasteiger partial charge < -0.3 is 4.74 Å². The van der Waals surface area contributed by atoms with Crippen LogP contribution in [0.2, 0.25) is 0 Å². The van der Waals surface area contributed by atoms with Crippen LogP contribution >= 0.6 is 15.9 Å². The summed E-state index contributed by atoms with van der Waals surface area (Å²) in [6.45, 7) is 2.27. The maximum atomic E-state index is 12.1. The van der Waals surface area contributed by atoms with Gasteiger partial charge in [-0.05, 0) is 12.5 Å². The van der Waals surface area contributed by atoms with E-state index in [1.54, 1.807) is 7.11 Å². The molecule has 0 radical (unpaired) electrons. The number of carbonyl (C=O) groups excluding carboxylic acids is 1. The van der Waals surface area contributed by atoms with Gasteiger partial charge in [-0.25, -0.2) is 0 Å². The first-order valence-electron chi connectivity index (χ1n) is 5.73. The Morgan fingerprint density at radius 1 is 1.53 bits per heavy atom. The minimum atomic E-state index is 0.161. The fourth-order valence-corrected chi connectivity index (χ4v) is 2.61. The predicted octanol–water partition coefficient (Wildman–Crippen LogP) is 2.35. The number of Topliss-reactive ketones (excluding diaryl/α,β-unsaturated/α-hetero) is 1. The van der Waals surface area contributed by atoms with Crippen molar-refractivity contribution >= 4 is 21.7 Å². The normalized spacial score (nSPS) is 20.7. The van der Waals surface area contributed by atoms with Crippen molar-refractivity contribution in [1.82, 2.24) is 4.90 Å². The van der Waals surface area contributed by atoms with Gasteiger partial charge in [0.2, 0.25) is 0 Å². The largest absolute Gasteiger partial charge is 0.380 e. The number of methoxy groups -OCH3 is 1. The van der Waals surface area contributed by atoms with Crippen LogP contribution in [0.4, 0.5) is 0 Å². The first-order chi connectivity index (χ1) is 8.20. The minimum absolute atomic E-state index is 0.161. The lowest BCUT2D eigenvalue weighted by molar-refractivity contribution is 0.0898. The zero-order chi connectivity index (χ0) is 12.3. The van der Waals surface area contributed by atoms with Crippen molar-refractivity contribution in [2.45, 2.75) is 12.5 Å². The van der Waals surface area contributed by atoms with E-state index in [2.05, 4.69) is 20.8 Å². The van der Waals surface area contributed by atoms with E-state index < -0.39 is 0 Å². The molecule has 1 aliphatic heterocycles. The van der Waals surface area contributed by atoms with E-state index >= 15 is 0 Å². The maximum Gasteiger partial charge on any atom is 0.177 e. The van der Waals surface area contributed by atoms with Crippen molar-refractivity contribution in [3.63, 3.8) is 0 Å². The lowest BCUT2D eigenvalue weighted by Crippen LogP contribution is -2.29. The molecule has 1 heterocycles. The minimum Gasteiger partial charge on any atom is -0.380 e. The number of benzene rings is 1. The molecule has 1 aromatic rings. The topological polar surface area (TPSA) is 29.5 Å². The fourth-order valence-electron chi connectivity index (χ4n) is 2.11. The molecule has 1 fully saturated rings. The highest BCUT2D eigenvalue weighted by atomic mass is 79.9. The second-order valence-corrected chi connectivity index (χ2v) is 5.14. The predicted molar refractivity (Wildman–Crippen MR) is 70.3 cm³/mol. The van der Waals surface area contributed by atoms with Gasteiger partial charge in [0.05, 0.1) is 12.6 Å². The van der Waals surface area contributed by atoms with Gasteiger partial charge in [-0.1, -0.05) is 34.1 Å². The van der Waals surface area contributed by atoms with Crippen molar-refractivity contribution in [3.05, 3.63) is 34.3 Å². The van der Waals surface area contributed by atoms with Gasteiger partial charge in [0.15, 0.2) is 5.78 Å². The van der Waals surface area contributed by atoms with Gasteiger partial charge >= 0.3 is 0 Å². The Morgan fingerprint density at radius 2 is 2.29 bits per heavy atom. The van der Waals surface area contributed by atoms with Crippen molar-refractivity contribution < 1.29 is 9.53 Å². The Labute approximate surface area is 110 Å². The molecular weight excluding hydrogens is 282 g/mol. The van der Waals surface area contributed by atoms with E-state index in [4.69, 9.17) is 4.74 Å². The van der Waals surface area contributed by atoms with Crippen LogP contribution in [-0.4, -0.2) is 43.5 Å². The van der Waals surface area contributed by atoms with Crippen LogP contribution in [0.3, 0.4) is 0 Å². The third-order valence-electron chi connectivity index (χ3n) is 3.10. The Balaban J connectivity index is 1.96. The lowest BCUT2D eigenvalue weighted by atomic mass is 10.1. The summed E-state index contributed by atoms with van der Waals surface area (Å²) in [5.74, 6) is 0.161. The number of halogens is 1. The molecule has 0 spiro atoms. The van der Waals surface area contributed by atoms with Crippen molar-refractivity contribution in [1.29, 1.82) is 0 Å². The van der Waals surface area contributed by atoms with E-state index in [1.807, 2.05) is 24.3 Å². The average molecular weight is 298 g/mol. The summed E-state index contributed by atoms with van der Waals surface area (Å²) in [4.78, 5) is 14.3. The number of nitrogens with zero attached hydrogens (tertiary/aromatic N) is 1. The number of likely N-dealkylation sites (tertiary alicyclic amines) is 1. The molecule has 1 aromatic carbocycles. The second-order valence-electron chi connectivity index (χ2n) is 4.28. The number of hydrogen-bond donors (Lipinski definition) is 0. The third-order valence-corrected chi connectivity index (χ3v) is 3.80. The summed E-state index contributed by atoms with van der Waals surface area (Å²) in [5, 5.41) is 0. The first-order valence-corrected chi connectivity index (χ1v) is 6.53. The van der Waals surface area contributed by atoms with Crippen molar-refractivity contribution in [3.8, 4) is 0 Å². The molecule has 4 heteroatoms. The number of ether oxygens (including phenoxy) is 1. The molecule has 1 unspecified atom stereocenters. The zero-order valence-electron chi connectivity index (χ0n) is 9.86. The first kappa shape index (κ1) is 12.7. The summed E-state index contributed by atoms with van der Waals surface area (Å²) in [6, 6.07) is 7.56. The molecule has 1 saturated heterocycles. The van der Waals surface area contributed by atoms with Crippen LogP contribution in [0, 0.1) is 0 Å². The Kier molecular flexibility index (Phi) is 4.31. The molecular formula is C13H16BrNO2. The maximum absolute atomic E-state index is 12.1. The Hall–Kier alpha value is -0.710. The summed E-state index contributed by atoms with van der Waals surface area (Å²) in [6.07, 6.45) is 1.29. The van der Waals surface area contributed by atoms with Crippen LogP contribution in [0.5, 0.6) is 0 Å². The average Bonchev–Trinajstić information content (AvgIpc) is 2.77. The molecule has 1 atom stereocenters. The number of carbonyl (C=O) groups is 1. The fraction of sp³-hybridized carbons (Fsp3) is 0.462. The molecule has 17 heavy (non-hydrogen) atoms. The van der Waals surface area contributed by atoms with Gasteiger partial charge in [-0.15, -0.1) is 0 Å². The molecule has 0 bridgehead atoms.